The number of imide groups is 1. The Bertz CT molecular complexity index is 618. The zero-order chi connectivity index (χ0) is 16.3. The van der Waals surface area contributed by atoms with Crippen molar-refractivity contribution in [3.63, 3.8) is 0 Å². The number of nitrogens with one attached hydrogen (secondary N) is 1. The van der Waals surface area contributed by atoms with Gasteiger partial charge < -0.3 is 10.2 Å². The van der Waals surface area contributed by atoms with Crippen molar-refractivity contribution < 1.29 is 18.8 Å². The number of carbonyl (C=O) groups is 3. The third kappa shape index (κ3) is 3.60. The number of nitrogens with zero attached hydrogens (tertiary/aromatic N) is 2. The Morgan fingerprint density at radius 2 is 2.09 bits per heavy atom. The molecule has 0 bridgehead atoms. The van der Waals surface area contributed by atoms with E-state index in [2.05, 4.69) is 5.32 Å². The Morgan fingerprint density at radius 3 is 2.73 bits per heavy atom. The topological polar surface area (TPSA) is 69.7 Å². The fourth-order valence-corrected chi connectivity index (χ4v) is 2.23. The molecule has 1 heterocycles. The lowest BCUT2D eigenvalue weighted by Gasteiger charge is -2.13. The molecule has 7 heteroatoms. The molecule has 0 saturated carbocycles. The molecular weight excluding hydrogens is 289 g/mol. The lowest BCUT2D eigenvalue weighted by molar-refractivity contribution is -0.125. The first-order chi connectivity index (χ1) is 10.4. The van der Waals surface area contributed by atoms with Gasteiger partial charge in [0.15, 0.2) is 0 Å². The van der Waals surface area contributed by atoms with Crippen molar-refractivity contribution >= 4 is 23.5 Å². The van der Waals surface area contributed by atoms with Crippen LogP contribution in [0.4, 0.5) is 14.9 Å². The summed E-state index contributed by atoms with van der Waals surface area (Å²) in [4.78, 5) is 37.5. The quantitative estimate of drug-likeness (QED) is 0.843. The molecule has 0 unspecified atom stereocenters. The number of aryl methyl sites for hydroxylation is 1. The van der Waals surface area contributed by atoms with Crippen LogP contribution in [-0.2, 0) is 9.59 Å². The van der Waals surface area contributed by atoms with E-state index in [0.717, 1.165) is 10.5 Å². The average Bonchev–Trinajstić information content (AvgIpc) is 2.69. The SMILES string of the molecule is Cc1ccc(F)c(NC(=O)CCCN2C(=O)CN(C)C2=O)c1. The van der Waals surface area contributed by atoms with Gasteiger partial charge in [0.2, 0.25) is 11.8 Å². The predicted octanol–water partition coefficient (Wildman–Crippen LogP) is 1.75. The molecule has 0 spiro atoms. The first kappa shape index (κ1) is 15.9. The molecule has 1 aliphatic rings. The van der Waals surface area contributed by atoms with Crippen molar-refractivity contribution in [3.8, 4) is 0 Å². The lowest BCUT2D eigenvalue weighted by Crippen LogP contribution is -2.32. The van der Waals surface area contributed by atoms with Gasteiger partial charge in [-0.3, -0.25) is 14.5 Å². The van der Waals surface area contributed by atoms with Crippen LogP contribution >= 0.6 is 0 Å². The molecule has 6 nitrogen and oxygen atoms in total. The van der Waals surface area contributed by atoms with Gasteiger partial charge in [0, 0.05) is 20.0 Å². The first-order valence-corrected chi connectivity index (χ1v) is 7.00. The molecule has 0 aliphatic carbocycles. The van der Waals surface area contributed by atoms with Gasteiger partial charge in [-0.25, -0.2) is 9.18 Å². The molecule has 1 aromatic rings. The fourth-order valence-electron chi connectivity index (χ4n) is 2.23. The van der Waals surface area contributed by atoms with Crippen LogP contribution in [0.15, 0.2) is 18.2 Å². The summed E-state index contributed by atoms with van der Waals surface area (Å²) in [5.74, 6) is -1.11. The maximum absolute atomic E-state index is 13.5. The highest BCUT2D eigenvalue weighted by molar-refractivity contribution is 6.01. The molecule has 4 amide bonds. The number of benzene rings is 1. The summed E-state index contributed by atoms with van der Waals surface area (Å²) in [5.41, 5.74) is 0.978. The van der Waals surface area contributed by atoms with E-state index in [1.165, 1.54) is 11.0 Å². The number of urea groups is 1. The van der Waals surface area contributed by atoms with Crippen LogP contribution in [0.2, 0.25) is 0 Å². The van der Waals surface area contributed by atoms with Crippen LogP contribution in [0.25, 0.3) is 0 Å². The minimum Gasteiger partial charge on any atom is -0.324 e. The molecule has 0 aromatic heterocycles. The lowest BCUT2D eigenvalue weighted by atomic mass is 10.2. The molecule has 1 N–H and O–H groups in total. The second-order valence-electron chi connectivity index (χ2n) is 5.32. The summed E-state index contributed by atoms with van der Waals surface area (Å²) in [7, 11) is 1.55. The third-order valence-corrected chi connectivity index (χ3v) is 3.41. The van der Waals surface area contributed by atoms with Crippen LogP contribution in [-0.4, -0.2) is 47.8 Å². The summed E-state index contributed by atoms with van der Waals surface area (Å²) in [6.07, 6.45) is 0.443. The minimum absolute atomic E-state index is 0.0690. The number of hydrogen-bond donors (Lipinski definition) is 1. The average molecular weight is 307 g/mol. The van der Waals surface area contributed by atoms with Crippen LogP contribution in [0.3, 0.4) is 0 Å². The van der Waals surface area contributed by atoms with Crippen molar-refractivity contribution in [3.05, 3.63) is 29.6 Å². The van der Waals surface area contributed by atoms with E-state index in [1.807, 2.05) is 0 Å². The van der Waals surface area contributed by atoms with E-state index in [0.29, 0.717) is 6.42 Å². The van der Waals surface area contributed by atoms with Crippen LogP contribution in [0.1, 0.15) is 18.4 Å². The molecule has 0 radical (unpaired) electrons. The van der Waals surface area contributed by atoms with E-state index in [4.69, 9.17) is 0 Å². The molecule has 0 atom stereocenters. The number of carbonyl (C=O) groups excluding carboxylic acids is 3. The van der Waals surface area contributed by atoms with Gasteiger partial charge in [-0.2, -0.15) is 0 Å². The molecule has 1 aromatic carbocycles. The van der Waals surface area contributed by atoms with E-state index >= 15 is 0 Å². The van der Waals surface area contributed by atoms with Gasteiger partial charge in [-0.1, -0.05) is 6.07 Å². The van der Waals surface area contributed by atoms with Gasteiger partial charge in [0.1, 0.15) is 12.4 Å². The van der Waals surface area contributed by atoms with Gasteiger partial charge in [-0.15, -0.1) is 0 Å². The first-order valence-electron chi connectivity index (χ1n) is 7.00. The van der Waals surface area contributed by atoms with E-state index < -0.39 is 5.82 Å². The molecule has 1 aliphatic heterocycles. The Labute approximate surface area is 127 Å². The zero-order valence-corrected chi connectivity index (χ0v) is 12.6. The van der Waals surface area contributed by atoms with E-state index in [-0.39, 0.29) is 43.0 Å². The van der Waals surface area contributed by atoms with Crippen molar-refractivity contribution in [2.75, 3.05) is 25.5 Å². The molecule has 1 fully saturated rings. The van der Waals surface area contributed by atoms with Crippen molar-refractivity contribution in [2.45, 2.75) is 19.8 Å². The highest BCUT2D eigenvalue weighted by Gasteiger charge is 2.32. The number of rotatable bonds is 5. The van der Waals surface area contributed by atoms with Crippen molar-refractivity contribution in [2.24, 2.45) is 0 Å². The number of halogens is 1. The Kier molecular flexibility index (Phi) is 4.75. The second kappa shape index (κ2) is 6.55. The van der Waals surface area contributed by atoms with Gasteiger partial charge in [0.25, 0.3) is 0 Å². The zero-order valence-electron chi connectivity index (χ0n) is 12.6. The van der Waals surface area contributed by atoms with Crippen molar-refractivity contribution in [1.82, 2.24) is 9.80 Å². The Hall–Kier alpha value is -2.44. The summed E-state index contributed by atoms with van der Waals surface area (Å²) in [6, 6.07) is 4.11. The Balaban J connectivity index is 1.82. The summed E-state index contributed by atoms with van der Waals surface area (Å²) in [5, 5.41) is 2.49. The standard InChI is InChI=1S/C15H18FN3O3/c1-10-5-6-11(16)12(8-10)17-13(20)4-3-7-19-14(21)9-18(2)15(19)22/h5-6,8H,3-4,7,9H2,1-2H3,(H,17,20). The molecule has 118 valence electrons. The van der Waals surface area contributed by atoms with Gasteiger partial charge in [0.05, 0.1) is 5.69 Å². The maximum Gasteiger partial charge on any atom is 0.326 e. The van der Waals surface area contributed by atoms with Crippen LogP contribution in [0, 0.1) is 12.7 Å². The predicted molar refractivity (Wildman–Crippen MR) is 78.7 cm³/mol. The Morgan fingerprint density at radius 1 is 1.36 bits per heavy atom. The number of anilines is 1. The highest BCUT2D eigenvalue weighted by Crippen LogP contribution is 2.16. The minimum atomic E-state index is -0.495. The smallest absolute Gasteiger partial charge is 0.324 e. The molecule has 2 rings (SSSR count). The number of amides is 4. The van der Waals surface area contributed by atoms with Crippen molar-refractivity contribution in [1.29, 1.82) is 0 Å². The number of hydrogen-bond acceptors (Lipinski definition) is 3. The third-order valence-electron chi connectivity index (χ3n) is 3.41. The monoisotopic (exact) mass is 307 g/mol. The largest absolute Gasteiger partial charge is 0.326 e. The number of likely N-dealkylation sites (N-methyl/N-ethyl adjacent to an activating group) is 1. The van der Waals surface area contributed by atoms with Crippen LogP contribution < -0.4 is 5.32 Å². The summed E-state index contributed by atoms with van der Waals surface area (Å²) in [6.45, 7) is 2.06. The maximum atomic E-state index is 13.5. The fraction of sp³-hybridized carbons (Fsp3) is 0.400. The van der Waals surface area contributed by atoms with E-state index in [1.54, 1.807) is 26.1 Å². The normalized spacial score (nSPS) is 14.7. The summed E-state index contributed by atoms with van der Waals surface area (Å²) < 4.78 is 13.5. The summed E-state index contributed by atoms with van der Waals surface area (Å²) >= 11 is 0. The molecule has 1 saturated heterocycles. The molecule has 22 heavy (non-hydrogen) atoms. The van der Waals surface area contributed by atoms with E-state index in [9.17, 15) is 18.8 Å². The van der Waals surface area contributed by atoms with Crippen LogP contribution in [0.5, 0.6) is 0 Å². The molecular formula is C15H18FN3O3. The second-order valence-corrected chi connectivity index (χ2v) is 5.32. The van der Waals surface area contributed by atoms with Gasteiger partial charge >= 0.3 is 6.03 Å². The van der Waals surface area contributed by atoms with Gasteiger partial charge in [-0.05, 0) is 31.0 Å². The highest BCUT2D eigenvalue weighted by atomic mass is 19.1.